The molecule has 0 unspecified atom stereocenters. The maximum absolute atomic E-state index is 12.4. The maximum atomic E-state index is 12.4. The Morgan fingerprint density at radius 3 is 2.34 bits per heavy atom. The highest BCUT2D eigenvalue weighted by molar-refractivity contribution is 5.91. The quantitative estimate of drug-likeness (QED) is 0.594. The first-order chi connectivity index (χ1) is 14.2. The molecule has 1 saturated heterocycles. The second-order valence-corrected chi connectivity index (χ2v) is 7.31. The predicted molar refractivity (Wildman–Crippen MR) is 115 cm³/mol. The van der Waals surface area contributed by atoms with Crippen LogP contribution in [0, 0.1) is 0 Å². The zero-order chi connectivity index (χ0) is 20.5. The van der Waals surface area contributed by atoms with Crippen LogP contribution in [0.4, 0.5) is 5.69 Å². The van der Waals surface area contributed by atoms with Crippen LogP contribution >= 0.6 is 0 Å². The lowest BCUT2D eigenvalue weighted by molar-refractivity contribution is -1.01. The molecule has 0 atom stereocenters. The van der Waals surface area contributed by atoms with E-state index in [-0.39, 0.29) is 5.91 Å². The van der Waals surface area contributed by atoms with Gasteiger partial charge in [0.25, 0.3) is 5.91 Å². The predicted octanol–water partition coefficient (Wildman–Crippen LogP) is 0.139. The summed E-state index contributed by atoms with van der Waals surface area (Å²) < 4.78 is 10.5. The van der Waals surface area contributed by atoms with E-state index >= 15 is 0 Å². The summed E-state index contributed by atoms with van der Waals surface area (Å²) in [5.74, 6) is 1.29. The normalized spacial score (nSPS) is 19.1. The van der Waals surface area contributed by atoms with Crippen LogP contribution in [0.15, 0.2) is 54.6 Å². The highest BCUT2D eigenvalue weighted by Crippen LogP contribution is 2.29. The van der Waals surface area contributed by atoms with Crippen LogP contribution in [0.3, 0.4) is 0 Å². The summed E-state index contributed by atoms with van der Waals surface area (Å²) in [7, 11) is 3.18. The van der Waals surface area contributed by atoms with Gasteiger partial charge in [0.1, 0.15) is 26.2 Å². The molecule has 0 aliphatic carbocycles. The smallest absolute Gasteiger partial charge is 0.279 e. The molecule has 154 valence electrons. The number of carbonyl (C=O) groups is 1. The van der Waals surface area contributed by atoms with Crippen LogP contribution in [0.25, 0.3) is 6.08 Å². The Hall–Kier alpha value is -2.83. The number of hydrogen-bond acceptors (Lipinski definition) is 3. The van der Waals surface area contributed by atoms with Crippen molar-refractivity contribution >= 4 is 17.7 Å². The molecule has 1 amide bonds. The van der Waals surface area contributed by atoms with Crippen LogP contribution in [-0.4, -0.2) is 59.4 Å². The molecule has 3 rings (SSSR count). The van der Waals surface area contributed by atoms with Gasteiger partial charge in [-0.05, 0) is 23.8 Å². The van der Waals surface area contributed by atoms with Gasteiger partial charge in [-0.1, -0.05) is 36.4 Å². The van der Waals surface area contributed by atoms with Gasteiger partial charge < -0.3 is 24.6 Å². The summed E-state index contributed by atoms with van der Waals surface area (Å²) in [6.45, 7) is 5.69. The van der Waals surface area contributed by atoms with Gasteiger partial charge in [-0.15, -0.1) is 0 Å². The second kappa shape index (κ2) is 10.6. The van der Waals surface area contributed by atoms with Gasteiger partial charge in [-0.3, -0.25) is 4.79 Å². The minimum Gasteiger partial charge on any atom is -0.493 e. The Morgan fingerprint density at radius 2 is 1.66 bits per heavy atom. The Balaban J connectivity index is 1.41. The van der Waals surface area contributed by atoms with Gasteiger partial charge in [0.05, 0.1) is 20.8 Å². The molecular weight excluding hydrogens is 366 g/mol. The molecule has 0 aromatic heterocycles. The van der Waals surface area contributed by atoms with E-state index in [1.165, 1.54) is 10.5 Å². The SMILES string of the molecule is COc1ccc(NC(=O)C[NH+]2CC[NH+](C/C=C/c3ccccc3)CC2)cc1OC. The molecule has 0 spiro atoms. The first kappa shape index (κ1) is 20.9. The monoisotopic (exact) mass is 397 g/mol. The number of quaternary nitrogens is 2. The zero-order valence-corrected chi connectivity index (χ0v) is 17.2. The fourth-order valence-electron chi connectivity index (χ4n) is 3.61. The third kappa shape index (κ3) is 6.34. The number of piperazine rings is 1. The molecular formula is C23H31N3O3+2. The van der Waals surface area contributed by atoms with Crippen LogP contribution in [0.1, 0.15) is 5.56 Å². The van der Waals surface area contributed by atoms with Crippen molar-refractivity contribution in [3.05, 3.63) is 60.2 Å². The highest BCUT2D eigenvalue weighted by Gasteiger charge is 2.24. The average molecular weight is 398 g/mol. The maximum Gasteiger partial charge on any atom is 0.279 e. The van der Waals surface area contributed by atoms with Gasteiger partial charge in [0.15, 0.2) is 18.0 Å². The van der Waals surface area contributed by atoms with Crippen molar-refractivity contribution in [1.29, 1.82) is 0 Å². The van der Waals surface area contributed by atoms with Crippen molar-refractivity contribution in [2.24, 2.45) is 0 Å². The topological polar surface area (TPSA) is 56.4 Å². The van der Waals surface area contributed by atoms with E-state index in [0.29, 0.717) is 18.0 Å². The van der Waals surface area contributed by atoms with Crippen LogP contribution < -0.4 is 24.6 Å². The summed E-state index contributed by atoms with van der Waals surface area (Å²) in [6, 6.07) is 15.8. The Labute approximate surface area is 172 Å². The minimum atomic E-state index is 0.0274. The van der Waals surface area contributed by atoms with Gasteiger partial charge in [-0.2, -0.15) is 0 Å². The van der Waals surface area contributed by atoms with Gasteiger partial charge in [-0.25, -0.2) is 0 Å². The third-order valence-electron chi connectivity index (χ3n) is 5.26. The minimum absolute atomic E-state index is 0.0274. The number of carbonyl (C=O) groups excluding carboxylic acids is 1. The number of ether oxygens (including phenoxy) is 2. The molecule has 0 radical (unpaired) electrons. The van der Waals surface area contributed by atoms with Crippen molar-refractivity contribution in [3.63, 3.8) is 0 Å². The lowest BCUT2D eigenvalue weighted by Crippen LogP contribution is -3.28. The molecule has 0 saturated carbocycles. The molecule has 1 heterocycles. The first-order valence-corrected chi connectivity index (χ1v) is 10.1. The molecule has 2 aromatic carbocycles. The lowest BCUT2D eigenvalue weighted by atomic mass is 10.2. The summed E-state index contributed by atoms with van der Waals surface area (Å²) in [6.07, 6.45) is 4.43. The van der Waals surface area contributed by atoms with E-state index in [9.17, 15) is 4.79 Å². The number of hydrogen-bond donors (Lipinski definition) is 3. The number of benzene rings is 2. The molecule has 1 aliphatic heterocycles. The van der Waals surface area contributed by atoms with E-state index in [0.717, 1.165) is 38.4 Å². The molecule has 6 heteroatoms. The first-order valence-electron chi connectivity index (χ1n) is 10.1. The second-order valence-electron chi connectivity index (χ2n) is 7.31. The van der Waals surface area contributed by atoms with E-state index in [2.05, 4.69) is 41.7 Å². The number of anilines is 1. The van der Waals surface area contributed by atoms with E-state index in [4.69, 9.17) is 9.47 Å². The summed E-state index contributed by atoms with van der Waals surface area (Å²) in [4.78, 5) is 15.3. The standard InChI is InChI=1S/C23H29N3O3/c1-28-21-11-10-20(17-22(21)29-2)24-23(27)18-26-15-13-25(14-16-26)12-6-9-19-7-4-3-5-8-19/h3-11,17H,12-16,18H2,1-2H3,(H,24,27)/p+2/b9-6+. The van der Waals surface area contributed by atoms with Gasteiger partial charge in [0, 0.05) is 11.8 Å². The van der Waals surface area contributed by atoms with Crippen molar-refractivity contribution in [2.45, 2.75) is 0 Å². The molecule has 29 heavy (non-hydrogen) atoms. The van der Waals surface area contributed by atoms with Crippen molar-refractivity contribution in [3.8, 4) is 11.5 Å². The molecule has 1 fully saturated rings. The van der Waals surface area contributed by atoms with Crippen molar-refractivity contribution in [2.75, 3.05) is 58.8 Å². The summed E-state index contributed by atoms with van der Waals surface area (Å²) in [5, 5.41) is 2.97. The Morgan fingerprint density at radius 1 is 0.966 bits per heavy atom. The molecule has 6 nitrogen and oxygen atoms in total. The number of amides is 1. The zero-order valence-electron chi connectivity index (χ0n) is 17.2. The summed E-state index contributed by atoms with van der Waals surface area (Å²) >= 11 is 0. The molecule has 3 N–H and O–H groups in total. The molecule has 1 aliphatic rings. The van der Waals surface area contributed by atoms with Gasteiger partial charge in [0.2, 0.25) is 0 Å². The van der Waals surface area contributed by atoms with Crippen LogP contribution in [-0.2, 0) is 4.79 Å². The molecule has 0 bridgehead atoms. The van der Waals surface area contributed by atoms with E-state index < -0.39 is 0 Å². The third-order valence-corrected chi connectivity index (χ3v) is 5.26. The number of methoxy groups -OCH3 is 2. The fourth-order valence-corrected chi connectivity index (χ4v) is 3.61. The van der Waals surface area contributed by atoms with E-state index in [1.807, 2.05) is 12.1 Å². The largest absolute Gasteiger partial charge is 0.493 e. The van der Waals surface area contributed by atoms with Gasteiger partial charge >= 0.3 is 0 Å². The fraction of sp³-hybridized carbons (Fsp3) is 0.348. The number of rotatable bonds is 8. The highest BCUT2D eigenvalue weighted by atomic mass is 16.5. The Bertz CT molecular complexity index is 815. The molecule has 2 aromatic rings. The van der Waals surface area contributed by atoms with Crippen molar-refractivity contribution in [1.82, 2.24) is 0 Å². The van der Waals surface area contributed by atoms with Crippen LogP contribution in [0.5, 0.6) is 11.5 Å². The van der Waals surface area contributed by atoms with Crippen LogP contribution in [0.2, 0.25) is 0 Å². The summed E-state index contributed by atoms with van der Waals surface area (Å²) in [5.41, 5.74) is 1.96. The number of nitrogens with one attached hydrogen (secondary N) is 3. The Kier molecular flexibility index (Phi) is 7.67. The average Bonchev–Trinajstić information content (AvgIpc) is 2.75. The van der Waals surface area contributed by atoms with Crippen molar-refractivity contribution < 1.29 is 24.1 Å². The lowest BCUT2D eigenvalue weighted by Gasteiger charge is -2.28. The van der Waals surface area contributed by atoms with E-state index in [1.54, 1.807) is 31.3 Å².